The van der Waals surface area contributed by atoms with Gasteiger partial charge in [0, 0.05) is 43.3 Å². The van der Waals surface area contributed by atoms with Crippen molar-refractivity contribution in [2.24, 2.45) is 0 Å². The predicted molar refractivity (Wildman–Crippen MR) is 135 cm³/mol. The molecule has 176 valence electrons. The number of hydrogen-bond donors (Lipinski definition) is 2. The zero-order valence-electron chi connectivity index (χ0n) is 18.2. The molecule has 2 N–H and O–H groups in total. The number of nitrogens with one attached hydrogen (secondary N) is 2. The summed E-state index contributed by atoms with van der Waals surface area (Å²) in [5, 5.41) is 4.27. The molecule has 0 radical (unpaired) electrons. The Bertz CT molecular complexity index is 1450. The molecule has 3 aromatic heterocycles. The second-order valence-corrected chi connectivity index (χ2v) is 11.2. The first-order valence-corrected chi connectivity index (χ1v) is 13.2. The van der Waals surface area contributed by atoms with E-state index >= 15 is 0 Å². The number of anilines is 2. The fraction of sp³-hybridized carbons (Fsp3) is 0.227. The summed E-state index contributed by atoms with van der Waals surface area (Å²) >= 11 is 6.90. The number of hydrogen-bond acceptors (Lipinski definition) is 9. The summed E-state index contributed by atoms with van der Waals surface area (Å²) in [6.45, 7) is 3.51. The number of nitrogens with zero attached hydrogens (tertiary/aromatic N) is 4. The van der Waals surface area contributed by atoms with Crippen molar-refractivity contribution in [3.05, 3.63) is 53.3 Å². The van der Waals surface area contributed by atoms with E-state index in [9.17, 15) is 8.42 Å². The lowest BCUT2D eigenvalue weighted by atomic mass is 10.0. The van der Waals surface area contributed by atoms with E-state index < -0.39 is 10.0 Å². The SMILES string of the molecule is COc1ncc(-c2ccc3ncnc(N4CCNCC4)c3c2)cc1NS(=O)(=O)c1ccc(Cl)s1. The molecule has 0 unspecified atom stereocenters. The second kappa shape index (κ2) is 9.34. The number of halogens is 1. The third-order valence-electron chi connectivity index (χ3n) is 5.47. The third-order valence-corrected chi connectivity index (χ3v) is 8.55. The molecule has 0 bridgehead atoms. The molecule has 1 saturated heterocycles. The van der Waals surface area contributed by atoms with Crippen molar-refractivity contribution in [2.45, 2.75) is 4.21 Å². The molecule has 4 aromatic rings. The Balaban J connectivity index is 1.54. The van der Waals surface area contributed by atoms with Crippen LogP contribution in [0.3, 0.4) is 0 Å². The van der Waals surface area contributed by atoms with Gasteiger partial charge < -0.3 is 15.0 Å². The molecule has 0 spiro atoms. The summed E-state index contributed by atoms with van der Waals surface area (Å²) in [7, 11) is -2.41. The van der Waals surface area contributed by atoms with Crippen molar-refractivity contribution < 1.29 is 13.2 Å². The Morgan fingerprint density at radius 3 is 2.65 bits per heavy atom. The first-order chi connectivity index (χ1) is 16.4. The lowest BCUT2D eigenvalue weighted by Crippen LogP contribution is -2.44. The number of sulfonamides is 1. The van der Waals surface area contributed by atoms with Gasteiger partial charge in [0.1, 0.15) is 22.0 Å². The summed E-state index contributed by atoms with van der Waals surface area (Å²) in [6.07, 6.45) is 3.23. The van der Waals surface area contributed by atoms with E-state index in [1.54, 1.807) is 24.7 Å². The van der Waals surface area contributed by atoms with Gasteiger partial charge in [-0.15, -0.1) is 11.3 Å². The number of methoxy groups -OCH3 is 1. The van der Waals surface area contributed by atoms with E-state index in [4.69, 9.17) is 16.3 Å². The lowest BCUT2D eigenvalue weighted by molar-refractivity contribution is 0.400. The van der Waals surface area contributed by atoms with Crippen molar-refractivity contribution >= 4 is 55.4 Å². The van der Waals surface area contributed by atoms with Crippen LogP contribution in [-0.4, -0.2) is 56.7 Å². The summed E-state index contributed by atoms with van der Waals surface area (Å²) in [4.78, 5) is 15.5. The first-order valence-electron chi connectivity index (χ1n) is 10.5. The minimum absolute atomic E-state index is 0.105. The van der Waals surface area contributed by atoms with E-state index in [-0.39, 0.29) is 15.8 Å². The fourth-order valence-corrected chi connectivity index (χ4v) is 6.36. The molecule has 5 rings (SSSR count). The van der Waals surface area contributed by atoms with Crippen LogP contribution in [0.2, 0.25) is 4.34 Å². The Hall–Kier alpha value is -2.99. The van der Waals surface area contributed by atoms with Crippen LogP contribution in [0, 0.1) is 0 Å². The van der Waals surface area contributed by atoms with Gasteiger partial charge in [0.25, 0.3) is 10.0 Å². The first kappa shape index (κ1) is 22.8. The predicted octanol–water partition coefficient (Wildman–Crippen LogP) is 3.63. The van der Waals surface area contributed by atoms with Gasteiger partial charge in [-0.1, -0.05) is 17.7 Å². The normalized spacial score (nSPS) is 14.4. The van der Waals surface area contributed by atoms with Gasteiger partial charge in [-0.3, -0.25) is 4.72 Å². The lowest BCUT2D eigenvalue weighted by Gasteiger charge is -2.29. The van der Waals surface area contributed by atoms with Crippen LogP contribution < -0.4 is 19.7 Å². The van der Waals surface area contributed by atoms with E-state index in [0.717, 1.165) is 65.4 Å². The Labute approximate surface area is 205 Å². The van der Waals surface area contributed by atoms with Crippen LogP contribution in [0.5, 0.6) is 5.88 Å². The number of aromatic nitrogens is 3. The number of fused-ring (bicyclic) bond motifs is 1. The van der Waals surface area contributed by atoms with Crippen LogP contribution in [-0.2, 0) is 10.0 Å². The molecule has 1 fully saturated rings. The number of ether oxygens (including phenoxy) is 1. The van der Waals surface area contributed by atoms with Gasteiger partial charge in [-0.25, -0.2) is 23.4 Å². The molecule has 0 saturated carbocycles. The highest BCUT2D eigenvalue weighted by molar-refractivity contribution is 7.94. The maximum absolute atomic E-state index is 12.9. The minimum atomic E-state index is -3.85. The van der Waals surface area contributed by atoms with Gasteiger partial charge in [-0.2, -0.15) is 0 Å². The summed E-state index contributed by atoms with van der Waals surface area (Å²) in [5.41, 5.74) is 2.65. The van der Waals surface area contributed by atoms with E-state index in [1.165, 1.54) is 13.2 Å². The van der Waals surface area contributed by atoms with E-state index in [2.05, 4.69) is 29.9 Å². The number of pyridine rings is 1. The van der Waals surface area contributed by atoms with Crippen molar-refractivity contribution in [3.8, 4) is 17.0 Å². The number of piperazine rings is 1. The molecule has 1 aliphatic heterocycles. The monoisotopic (exact) mass is 516 g/mol. The zero-order chi connectivity index (χ0) is 23.7. The second-order valence-electron chi connectivity index (χ2n) is 7.61. The molecule has 4 heterocycles. The number of benzene rings is 1. The summed E-state index contributed by atoms with van der Waals surface area (Å²) in [5.74, 6) is 1.05. The molecular formula is C22H21ClN6O3S2. The third kappa shape index (κ3) is 4.51. The van der Waals surface area contributed by atoms with E-state index in [1.807, 2.05) is 18.2 Å². The zero-order valence-corrected chi connectivity index (χ0v) is 20.5. The molecule has 0 aliphatic carbocycles. The molecule has 34 heavy (non-hydrogen) atoms. The van der Waals surface area contributed by atoms with Crippen molar-refractivity contribution in [3.63, 3.8) is 0 Å². The maximum atomic E-state index is 12.9. The van der Waals surface area contributed by atoms with Crippen LogP contribution >= 0.6 is 22.9 Å². The van der Waals surface area contributed by atoms with Crippen molar-refractivity contribution in [1.29, 1.82) is 0 Å². The molecule has 9 nitrogen and oxygen atoms in total. The topological polar surface area (TPSA) is 109 Å². The highest BCUT2D eigenvalue weighted by Crippen LogP contribution is 2.34. The Kier molecular flexibility index (Phi) is 6.26. The van der Waals surface area contributed by atoms with Gasteiger partial charge in [0.2, 0.25) is 5.88 Å². The molecule has 0 amide bonds. The molecule has 12 heteroatoms. The molecule has 0 atom stereocenters. The van der Waals surface area contributed by atoms with Gasteiger partial charge in [0.05, 0.1) is 17.0 Å². The van der Waals surface area contributed by atoms with Crippen LogP contribution in [0.25, 0.3) is 22.0 Å². The molecule has 1 aliphatic rings. The Morgan fingerprint density at radius 2 is 1.91 bits per heavy atom. The summed E-state index contributed by atoms with van der Waals surface area (Å²) in [6, 6.07) is 10.6. The standard InChI is InChI=1S/C22H21ClN6O3S2/c1-32-22-18(28-34(30,31)20-5-4-19(23)33-20)11-15(12-25-22)14-2-3-17-16(10-14)21(27-13-26-17)29-8-6-24-7-9-29/h2-5,10-13,24,28H,6-9H2,1H3. The fourth-order valence-electron chi connectivity index (χ4n) is 3.83. The average Bonchev–Trinajstić information content (AvgIpc) is 3.31. The van der Waals surface area contributed by atoms with Crippen LogP contribution in [0.15, 0.2) is 53.1 Å². The highest BCUT2D eigenvalue weighted by atomic mass is 35.5. The van der Waals surface area contributed by atoms with Crippen molar-refractivity contribution in [1.82, 2.24) is 20.3 Å². The Morgan fingerprint density at radius 1 is 1.09 bits per heavy atom. The van der Waals surface area contributed by atoms with Gasteiger partial charge in [0.15, 0.2) is 0 Å². The number of thiophene rings is 1. The minimum Gasteiger partial charge on any atom is -0.480 e. The number of rotatable bonds is 6. The average molecular weight is 517 g/mol. The van der Waals surface area contributed by atoms with Crippen LogP contribution in [0.4, 0.5) is 11.5 Å². The highest BCUT2D eigenvalue weighted by Gasteiger charge is 2.21. The summed E-state index contributed by atoms with van der Waals surface area (Å²) < 4.78 is 34.1. The van der Waals surface area contributed by atoms with E-state index in [0.29, 0.717) is 4.34 Å². The van der Waals surface area contributed by atoms with Crippen molar-refractivity contribution in [2.75, 3.05) is 42.9 Å². The van der Waals surface area contributed by atoms with Gasteiger partial charge in [-0.05, 0) is 35.9 Å². The maximum Gasteiger partial charge on any atom is 0.271 e. The largest absolute Gasteiger partial charge is 0.480 e. The smallest absolute Gasteiger partial charge is 0.271 e. The molecule has 1 aromatic carbocycles. The quantitative estimate of drug-likeness (QED) is 0.400. The van der Waals surface area contributed by atoms with Crippen LogP contribution in [0.1, 0.15) is 0 Å². The van der Waals surface area contributed by atoms with Gasteiger partial charge >= 0.3 is 0 Å². The molecular weight excluding hydrogens is 496 g/mol.